The number of benzene rings is 3. The minimum absolute atomic E-state index is 0. The predicted molar refractivity (Wildman–Crippen MR) is 145 cm³/mol. The first-order valence-electron chi connectivity index (χ1n) is 11.0. The number of nitrogens with zero attached hydrogens (tertiary/aromatic N) is 4. The van der Waals surface area contributed by atoms with E-state index in [-0.39, 0.29) is 114 Å². The quantitative estimate of drug-likeness (QED) is 0.0142. The first-order chi connectivity index (χ1) is 19.8. The summed E-state index contributed by atoms with van der Waals surface area (Å²) in [5.41, 5.74) is 7.92. The third-order valence-electron chi connectivity index (χ3n) is 5.06. The summed E-state index contributed by atoms with van der Waals surface area (Å²) in [6.45, 7) is 0. The van der Waals surface area contributed by atoms with Crippen LogP contribution < -0.4 is 70.1 Å². The van der Waals surface area contributed by atoms with Crippen LogP contribution in [0.15, 0.2) is 84.6 Å². The zero-order valence-corrected chi connectivity index (χ0v) is 31.1. The van der Waals surface area contributed by atoms with Crippen LogP contribution in [-0.2, 0) is 46.4 Å². The van der Waals surface area contributed by atoms with Gasteiger partial charge in [-0.25, -0.2) is 21.6 Å². The molecule has 16 nitrogen and oxygen atoms in total. The Bertz CT molecular complexity index is 1770. The van der Waals surface area contributed by atoms with Crippen LogP contribution in [0.2, 0.25) is 0 Å². The van der Waals surface area contributed by atoms with Gasteiger partial charge < -0.3 is 36.3 Å². The third kappa shape index (κ3) is 12.3. The van der Waals surface area contributed by atoms with Crippen molar-refractivity contribution in [2.45, 2.75) is 14.7 Å². The molecular weight excluding hydrogens is 751 g/mol. The van der Waals surface area contributed by atoms with Gasteiger partial charge in [-0.3, -0.25) is 5.04 Å². The summed E-state index contributed by atoms with van der Waals surface area (Å²) in [4.78, 5) is 11.0. The number of nitrogen functional groups attached to an aromatic ring is 1. The van der Waals surface area contributed by atoms with Gasteiger partial charge >= 0.3 is 82.2 Å². The van der Waals surface area contributed by atoms with Gasteiger partial charge in [0, 0.05) is 21.9 Å². The fourth-order valence-electron chi connectivity index (χ4n) is 3.08. The van der Waals surface area contributed by atoms with Crippen molar-refractivity contribution in [2.75, 3.05) is 17.4 Å². The molecule has 0 saturated carbocycles. The maximum atomic E-state index is 12.3. The normalized spacial score (nSPS) is 11.7. The van der Waals surface area contributed by atoms with Crippen LogP contribution in [0.25, 0.3) is 5.43 Å². The van der Waals surface area contributed by atoms with Gasteiger partial charge in [-0.1, -0.05) is 6.07 Å². The Morgan fingerprint density at radius 1 is 1.04 bits per heavy atom. The third-order valence-corrected chi connectivity index (χ3v) is 8.59. The number of hydrogen-bond acceptors (Lipinski definition) is 14. The molecule has 0 amide bonds. The smallest absolute Gasteiger partial charge is 0.744 e. The minimum Gasteiger partial charge on any atom is -0.744 e. The SMILES string of the molecule is Nc1cc(S(=O)(=O)[O-])cc(N=NC(=N[N-]c2cc(SOO[O-])ccc2C(=O)O)c2ccc(S(=O)(=O)CCCl)cc2)c1O.[Cu+].[Na+].[Na+]. The number of rotatable bonds is 12. The zero-order valence-electron chi connectivity index (χ0n) is 22.9. The molecule has 0 aliphatic rings. The topological polar surface area (TPSA) is 268 Å². The number of sulfone groups is 1. The van der Waals surface area contributed by atoms with E-state index in [2.05, 4.69) is 30.1 Å². The maximum Gasteiger partial charge on any atom is 1.00 e. The second-order valence-corrected chi connectivity index (χ2v) is 12.4. The number of aromatic carboxylic acids is 1. The van der Waals surface area contributed by atoms with Crippen LogP contribution in [0.4, 0.5) is 17.1 Å². The first-order valence-corrected chi connectivity index (χ1v) is 15.3. The molecule has 45 heavy (non-hydrogen) atoms. The van der Waals surface area contributed by atoms with Gasteiger partial charge in [-0.2, -0.15) is 4.33 Å². The van der Waals surface area contributed by atoms with Crippen LogP contribution in [0.1, 0.15) is 15.9 Å². The van der Waals surface area contributed by atoms with Crippen molar-refractivity contribution < 1.29 is 127 Å². The fourth-order valence-corrected chi connectivity index (χ4v) is 5.60. The van der Waals surface area contributed by atoms with Crippen molar-refractivity contribution in [3.8, 4) is 5.75 Å². The number of phenols is 1. The number of carboxylic acids is 1. The molecule has 3 rings (SSSR count). The van der Waals surface area contributed by atoms with E-state index in [1.54, 1.807) is 0 Å². The van der Waals surface area contributed by atoms with Crippen molar-refractivity contribution in [1.82, 2.24) is 0 Å². The molecule has 0 atom stereocenters. The van der Waals surface area contributed by atoms with Crippen molar-refractivity contribution in [2.24, 2.45) is 15.3 Å². The van der Waals surface area contributed by atoms with Gasteiger partial charge in [0.2, 0.25) is 0 Å². The molecule has 0 aromatic heterocycles. The molecule has 3 aromatic rings. The number of nitrogens with two attached hydrogens (primary N) is 1. The summed E-state index contributed by atoms with van der Waals surface area (Å²) in [7, 11) is -8.72. The number of amidine groups is 1. The second kappa shape index (κ2) is 19.5. The van der Waals surface area contributed by atoms with E-state index in [9.17, 15) is 41.7 Å². The molecule has 4 N–H and O–H groups in total. The van der Waals surface area contributed by atoms with E-state index >= 15 is 0 Å². The van der Waals surface area contributed by atoms with Crippen LogP contribution in [-0.4, -0.2) is 55.0 Å². The molecule has 234 valence electrons. The summed E-state index contributed by atoms with van der Waals surface area (Å²) in [5, 5.41) is 44.6. The van der Waals surface area contributed by atoms with E-state index in [1.165, 1.54) is 36.4 Å². The number of halogens is 1. The van der Waals surface area contributed by atoms with Gasteiger partial charge in [0.25, 0.3) is 0 Å². The largest absolute Gasteiger partial charge is 1.00 e. The molecular formula is C22H17ClCuN5Na2O11S3. The molecule has 0 saturated heterocycles. The molecule has 0 unspecified atom stereocenters. The molecule has 0 aliphatic carbocycles. The molecule has 0 heterocycles. The fraction of sp³-hybridized carbons (Fsp3) is 0.0909. The predicted octanol–water partition coefficient (Wildman–Crippen LogP) is -3.02. The summed E-state index contributed by atoms with van der Waals surface area (Å²) >= 11 is 6.00. The minimum atomic E-state index is -5.00. The summed E-state index contributed by atoms with van der Waals surface area (Å²) < 4.78 is 63.3. The van der Waals surface area contributed by atoms with Crippen LogP contribution in [0.5, 0.6) is 5.75 Å². The standard InChI is InChI=1S/C22H20ClN5O11S3.Cu.2Na/c23-7-8-41(33,34)14-4-1-12(2-5-14)21(28-26-19-11-15(42(35,36)37)10-17(24)20(19)29)27-25-18-9-13(40-39-38-32)3-6-16(18)22(30)31;;;/h1-6,9-11H,7-8H2,(H7,24,25,26,27,28,29,30,31,32,35,36,37);;;/q;3*+1/p-3. The van der Waals surface area contributed by atoms with Crippen LogP contribution in [0, 0.1) is 0 Å². The summed E-state index contributed by atoms with van der Waals surface area (Å²) in [6.07, 6.45) is 0. The van der Waals surface area contributed by atoms with E-state index in [0.717, 1.165) is 12.1 Å². The van der Waals surface area contributed by atoms with E-state index in [1.807, 2.05) is 0 Å². The maximum absolute atomic E-state index is 12.3. The van der Waals surface area contributed by atoms with Crippen LogP contribution in [0.3, 0.4) is 0 Å². The average molecular weight is 769 g/mol. The monoisotopic (exact) mass is 767 g/mol. The number of carboxylic acid groups (broad SMARTS) is 1. The number of azo groups is 1. The van der Waals surface area contributed by atoms with Gasteiger partial charge in [0.05, 0.1) is 33.3 Å². The molecule has 0 aliphatic heterocycles. The number of hydrogen-bond donors (Lipinski definition) is 3. The Kier molecular flexibility index (Phi) is 18.9. The van der Waals surface area contributed by atoms with Gasteiger partial charge in [0.1, 0.15) is 15.8 Å². The molecule has 0 spiro atoms. The van der Waals surface area contributed by atoms with E-state index in [0.29, 0.717) is 18.1 Å². The number of carbonyl (C=O) groups is 1. The van der Waals surface area contributed by atoms with Crippen molar-refractivity contribution in [3.63, 3.8) is 0 Å². The number of phenolic OH excluding ortho intramolecular Hbond substituents is 1. The Morgan fingerprint density at radius 3 is 2.24 bits per heavy atom. The van der Waals surface area contributed by atoms with Gasteiger partial charge in [-0.05, 0) is 48.5 Å². The van der Waals surface area contributed by atoms with Gasteiger partial charge in [-0.15, -0.1) is 27.5 Å². The number of aromatic hydroxyl groups is 1. The number of alkyl halides is 1. The molecule has 3 aromatic carbocycles. The summed E-state index contributed by atoms with van der Waals surface area (Å²) in [6, 6.07) is 10.0. The van der Waals surface area contributed by atoms with E-state index < -0.39 is 53.8 Å². The Hall–Kier alpha value is -1.30. The molecule has 0 radical (unpaired) electrons. The Balaban J connectivity index is 0.00000645. The number of anilines is 1. The zero-order chi connectivity index (χ0) is 31.1. The average Bonchev–Trinajstić information content (AvgIpc) is 2.93. The molecule has 0 fully saturated rings. The van der Waals surface area contributed by atoms with Crippen LogP contribution >= 0.6 is 23.6 Å². The second-order valence-electron chi connectivity index (χ2n) is 7.79. The summed E-state index contributed by atoms with van der Waals surface area (Å²) in [5.74, 6) is -2.99. The first kappa shape index (κ1) is 43.7. The molecule has 0 bridgehead atoms. The van der Waals surface area contributed by atoms with Gasteiger partial charge in [0.15, 0.2) is 21.4 Å². The van der Waals surface area contributed by atoms with Crippen molar-refractivity contribution >= 4 is 72.5 Å². The van der Waals surface area contributed by atoms with E-state index in [4.69, 9.17) is 17.3 Å². The Morgan fingerprint density at radius 2 is 1.69 bits per heavy atom. The Labute approximate surface area is 320 Å². The van der Waals surface area contributed by atoms with Crippen molar-refractivity contribution in [3.05, 3.63) is 71.1 Å². The van der Waals surface area contributed by atoms with Crippen molar-refractivity contribution in [1.29, 1.82) is 0 Å². The molecule has 23 heteroatoms.